The molecule has 0 saturated heterocycles. The SMILES string of the molecule is CCCCCCCC(NN)C(OC)OC. The van der Waals surface area contributed by atoms with E-state index in [1.165, 1.54) is 25.7 Å². The summed E-state index contributed by atoms with van der Waals surface area (Å²) < 4.78 is 10.3. The second kappa shape index (κ2) is 10.4. The molecule has 0 saturated carbocycles. The van der Waals surface area contributed by atoms with Gasteiger partial charge >= 0.3 is 0 Å². The van der Waals surface area contributed by atoms with Gasteiger partial charge in [-0.2, -0.15) is 0 Å². The van der Waals surface area contributed by atoms with Crippen LogP contribution in [0.1, 0.15) is 45.4 Å². The van der Waals surface area contributed by atoms with Gasteiger partial charge < -0.3 is 9.47 Å². The van der Waals surface area contributed by atoms with Crippen LogP contribution in [0.2, 0.25) is 0 Å². The predicted octanol–water partition coefficient (Wildman–Crippen LogP) is 1.80. The zero-order chi connectivity index (χ0) is 11.5. The Labute approximate surface area is 93.5 Å². The molecule has 0 aliphatic heterocycles. The monoisotopic (exact) mass is 218 g/mol. The average molecular weight is 218 g/mol. The van der Waals surface area contributed by atoms with Crippen molar-refractivity contribution in [1.82, 2.24) is 5.43 Å². The van der Waals surface area contributed by atoms with Crippen molar-refractivity contribution in [3.8, 4) is 0 Å². The van der Waals surface area contributed by atoms with Crippen LogP contribution in [0.25, 0.3) is 0 Å². The quantitative estimate of drug-likeness (QED) is 0.254. The lowest BCUT2D eigenvalue weighted by atomic mass is 10.1. The third-order valence-corrected chi connectivity index (χ3v) is 2.63. The topological polar surface area (TPSA) is 56.5 Å². The summed E-state index contributed by atoms with van der Waals surface area (Å²) in [7, 11) is 3.27. The van der Waals surface area contributed by atoms with E-state index in [1.807, 2.05) is 0 Å². The number of hydrazine groups is 1. The summed E-state index contributed by atoms with van der Waals surface area (Å²) >= 11 is 0. The van der Waals surface area contributed by atoms with E-state index >= 15 is 0 Å². The van der Waals surface area contributed by atoms with Crippen molar-refractivity contribution in [3.05, 3.63) is 0 Å². The Morgan fingerprint density at radius 2 is 1.67 bits per heavy atom. The summed E-state index contributed by atoms with van der Waals surface area (Å²) in [5, 5.41) is 0. The van der Waals surface area contributed by atoms with Gasteiger partial charge in [0.25, 0.3) is 0 Å². The zero-order valence-electron chi connectivity index (χ0n) is 10.3. The lowest BCUT2D eigenvalue weighted by Crippen LogP contribution is -2.45. The smallest absolute Gasteiger partial charge is 0.173 e. The van der Waals surface area contributed by atoms with Gasteiger partial charge in [-0.3, -0.25) is 11.3 Å². The highest BCUT2D eigenvalue weighted by Crippen LogP contribution is 2.10. The van der Waals surface area contributed by atoms with Gasteiger partial charge in [0.2, 0.25) is 0 Å². The molecule has 4 nitrogen and oxygen atoms in total. The van der Waals surface area contributed by atoms with Crippen molar-refractivity contribution >= 4 is 0 Å². The molecule has 92 valence electrons. The van der Waals surface area contributed by atoms with Gasteiger partial charge in [0, 0.05) is 14.2 Å². The first kappa shape index (κ1) is 14.8. The van der Waals surface area contributed by atoms with Gasteiger partial charge in [-0.15, -0.1) is 0 Å². The molecule has 0 amide bonds. The molecule has 0 aromatic heterocycles. The molecule has 0 rings (SSSR count). The van der Waals surface area contributed by atoms with Crippen molar-refractivity contribution in [3.63, 3.8) is 0 Å². The van der Waals surface area contributed by atoms with E-state index in [-0.39, 0.29) is 12.3 Å². The minimum absolute atomic E-state index is 0.0848. The second-order valence-corrected chi connectivity index (χ2v) is 3.82. The predicted molar refractivity (Wildman–Crippen MR) is 62.3 cm³/mol. The molecule has 3 N–H and O–H groups in total. The van der Waals surface area contributed by atoms with Gasteiger partial charge in [-0.1, -0.05) is 39.0 Å². The first-order valence-corrected chi connectivity index (χ1v) is 5.81. The van der Waals surface area contributed by atoms with E-state index in [0.717, 1.165) is 12.8 Å². The Hall–Kier alpha value is -0.160. The zero-order valence-corrected chi connectivity index (χ0v) is 10.3. The van der Waals surface area contributed by atoms with Crippen LogP contribution >= 0.6 is 0 Å². The Morgan fingerprint density at radius 1 is 1.07 bits per heavy atom. The third kappa shape index (κ3) is 6.84. The summed E-state index contributed by atoms with van der Waals surface area (Å²) in [5.74, 6) is 5.46. The minimum Gasteiger partial charge on any atom is -0.354 e. The fourth-order valence-corrected chi connectivity index (χ4v) is 1.69. The Kier molecular flexibility index (Phi) is 10.3. The Morgan fingerprint density at radius 3 is 2.13 bits per heavy atom. The average Bonchev–Trinajstić information content (AvgIpc) is 2.27. The summed E-state index contributed by atoms with van der Waals surface area (Å²) in [6.45, 7) is 2.22. The van der Waals surface area contributed by atoms with Crippen molar-refractivity contribution in [2.24, 2.45) is 5.84 Å². The first-order valence-electron chi connectivity index (χ1n) is 5.81. The number of hydrogen-bond donors (Lipinski definition) is 2. The van der Waals surface area contributed by atoms with E-state index in [1.54, 1.807) is 14.2 Å². The third-order valence-electron chi connectivity index (χ3n) is 2.63. The van der Waals surface area contributed by atoms with Gasteiger partial charge in [-0.05, 0) is 6.42 Å². The summed E-state index contributed by atoms with van der Waals surface area (Å²) in [6, 6.07) is 0.0848. The first-order chi connectivity index (χ1) is 7.29. The molecule has 0 aliphatic carbocycles. The summed E-state index contributed by atoms with van der Waals surface area (Å²) in [4.78, 5) is 0. The molecule has 4 heteroatoms. The molecule has 0 spiro atoms. The molecule has 0 aromatic rings. The number of unbranched alkanes of at least 4 members (excludes halogenated alkanes) is 4. The molecule has 0 aliphatic rings. The molecule has 0 heterocycles. The lowest BCUT2D eigenvalue weighted by molar-refractivity contribution is -0.124. The van der Waals surface area contributed by atoms with E-state index in [0.29, 0.717) is 0 Å². The number of hydrogen-bond acceptors (Lipinski definition) is 4. The van der Waals surface area contributed by atoms with E-state index in [2.05, 4.69) is 12.3 Å². The normalized spacial score (nSPS) is 13.4. The molecular weight excluding hydrogens is 192 g/mol. The number of rotatable bonds is 10. The lowest BCUT2D eigenvalue weighted by Gasteiger charge is -2.23. The van der Waals surface area contributed by atoms with Crippen LogP contribution in [0.3, 0.4) is 0 Å². The van der Waals surface area contributed by atoms with E-state index in [4.69, 9.17) is 15.3 Å². The molecule has 0 aromatic carbocycles. The maximum Gasteiger partial charge on any atom is 0.173 e. The Bertz CT molecular complexity index is 130. The maximum absolute atomic E-state index is 5.46. The maximum atomic E-state index is 5.46. The molecular formula is C11H26N2O2. The highest BCUT2D eigenvalue weighted by molar-refractivity contribution is 4.67. The van der Waals surface area contributed by atoms with Crippen LogP contribution in [-0.4, -0.2) is 26.6 Å². The molecule has 0 bridgehead atoms. The van der Waals surface area contributed by atoms with Crippen LogP contribution in [-0.2, 0) is 9.47 Å². The fraction of sp³-hybridized carbons (Fsp3) is 1.00. The van der Waals surface area contributed by atoms with Crippen LogP contribution in [0.15, 0.2) is 0 Å². The molecule has 15 heavy (non-hydrogen) atoms. The van der Waals surface area contributed by atoms with E-state index in [9.17, 15) is 0 Å². The number of methoxy groups -OCH3 is 2. The van der Waals surface area contributed by atoms with Crippen molar-refractivity contribution in [1.29, 1.82) is 0 Å². The van der Waals surface area contributed by atoms with Crippen LogP contribution < -0.4 is 11.3 Å². The van der Waals surface area contributed by atoms with Gasteiger partial charge in [0.05, 0.1) is 6.04 Å². The number of nitrogens with one attached hydrogen (secondary N) is 1. The summed E-state index contributed by atoms with van der Waals surface area (Å²) in [5.41, 5.74) is 2.74. The molecule has 0 fully saturated rings. The van der Waals surface area contributed by atoms with Crippen LogP contribution in [0, 0.1) is 0 Å². The molecule has 0 radical (unpaired) electrons. The number of nitrogens with two attached hydrogens (primary N) is 1. The minimum atomic E-state index is -0.249. The molecule has 1 atom stereocenters. The van der Waals surface area contributed by atoms with Crippen molar-refractivity contribution in [2.75, 3.05) is 14.2 Å². The standard InChI is InChI=1S/C11H26N2O2/c1-4-5-6-7-8-9-10(13-12)11(14-2)15-3/h10-11,13H,4-9,12H2,1-3H3. The summed E-state index contributed by atoms with van der Waals surface area (Å²) in [6.07, 6.45) is 7.06. The van der Waals surface area contributed by atoms with Gasteiger partial charge in [0.15, 0.2) is 6.29 Å². The second-order valence-electron chi connectivity index (χ2n) is 3.82. The van der Waals surface area contributed by atoms with Gasteiger partial charge in [-0.25, -0.2) is 0 Å². The van der Waals surface area contributed by atoms with E-state index < -0.39 is 0 Å². The van der Waals surface area contributed by atoms with Crippen LogP contribution in [0.4, 0.5) is 0 Å². The Balaban J connectivity index is 3.60. The largest absolute Gasteiger partial charge is 0.354 e. The van der Waals surface area contributed by atoms with Gasteiger partial charge in [0.1, 0.15) is 0 Å². The number of ether oxygens (including phenoxy) is 2. The highest BCUT2D eigenvalue weighted by Gasteiger charge is 2.18. The van der Waals surface area contributed by atoms with Crippen molar-refractivity contribution in [2.45, 2.75) is 57.8 Å². The van der Waals surface area contributed by atoms with Crippen LogP contribution in [0.5, 0.6) is 0 Å². The van der Waals surface area contributed by atoms with Crippen molar-refractivity contribution < 1.29 is 9.47 Å². The fourth-order valence-electron chi connectivity index (χ4n) is 1.69. The molecule has 1 unspecified atom stereocenters. The highest BCUT2D eigenvalue weighted by atomic mass is 16.7.